The van der Waals surface area contributed by atoms with E-state index in [-0.39, 0.29) is 57.9 Å². The van der Waals surface area contributed by atoms with Gasteiger partial charge in [-0.15, -0.1) is 0 Å². The van der Waals surface area contributed by atoms with E-state index >= 15 is 0 Å². The predicted octanol–water partition coefficient (Wildman–Crippen LogP) is 1.96. The number of allylic oxidation sites excluding steroid dienone is 6. The normalized spacial score (nSPS) is 14.9. The van der Waals surface area contributed by atoms with E-state index in [4.69, 9.17) is 11.6 Å². The summed E-state index contributed by atoms with van der Waals surface area (Å²) in [5, 5.41) is 0.582. The molecule has 0 bridgehead atoms. The molecule has 0 unspecified atom stereocenters. The largest absolute Gasteiger partial charge is 1.00 e. The molecule has 7 heteroatoms. The third-order valence-corrected chi connectivity index (χ3v) is 5.50. The van der Waals surface area contributed by atoms with Gasteiger partial charge >= 0.3 is 51.4 Å². The Labute approximate surface area is 225 Å². The maximum Gasteiger partial charge on any atom is 1.00 e. The average Bonchev–Trinajstić information content (AvgIpc) is 2.70. The van der Waals surface area contributed by atoms with Gasteiger partial charge < -0.3 is 9.45 Å². The van der Waals surface area contributed by atoms with E-state index < -0.39 is 15.9 Å². The van der Waals surface area contributed by atoms with Crippen molar-refractivity contribution in [2.24, 2.45) is 0 Å². The first kappa shape index (κ1) is 25.3. The fourth-order valence-corrected chi connectivity index (χ4v) is 3.70. The van der Waals surface area contributed by atoms with Gasteiger partial charge in [-0.05, 0) is 47.4 Å². The van der Waals surface area contributed by atoms with Crippen LogP contribution in [0.25, 0.3) is 5.57 Å². The molecule has 0 N–H and O–H groups in total. The number of fused-ring (bicyclic) bond motifs is 1. The summed E-state index contributed by atoms with van der Waals surface area (Å²) in [4.78, 5) is 1.75. The molecule has 0 saturated heterocycles. The van der Waals surface area contributed by atoms with Crippen LogP contribution in [0.4, 0.5) is 5.69 Å². The van der Waals surface area contributed by atoms with Gasteiger partial charge in [0, 0.05) is 29.0 Å². The van der Waals surface area contributed by atoms with Crippen LogP contribution in [0.2, 0.25) is 5.02 Å². The number of anilines is 1. The van der Waals surface area contributed by atoms with E-state index in [1.165, 1.54) is 5.56 Å². The number of benzene rings is 2. The van der Waals surface area contributed by atoms with E-state index in [1.807, 2.05) is 54.6 Å². The average molecular weight is 466 g/mol. The molecule has 0 saturated carbocycles. The summed E-state index contributed by atoms with van der Waals surface area (Å²) in [5.74, 6) is -0.462. The van der Waals surface area contributed by atoms with E-state index in [9.17, 15) is 13.0 Å². The molecule has 0 atom stereocenters. The van der Waals surface area contributed by atoms with Crippen molar-refractivity contribution in [3.63, 3.8) is 0 Å². The summed E-state index contributed by atoms with van der Waals surface area (Å²) >= 11 is 6.19. The van der Waals surface area contributed by atoms with E-state index in [0.29, 0.717) is 5.02 Å². The second kappa shape index (κ2) is 11.6. The van der Waals surface area contributed by atoms with Crippen molar-refractivity contribution in [3.8, 4) is 0 Å². The predicted molar refractivity (Wildman–Crippen MR) is 119 cm³/mol. The molecule has 2 aromatic rings. The molecule has 0 aliphatic carbocycles. The van der Waals surface area contributed by atoms with Crippen molar-refractivity contribution >= 4 is 33.0 Å². The first-order chi connectivity index (χ1) is 13.9. The SMILES string of the molecule is C=C/C(=C/C=C1\C=CN(CCS(=O)(=O)[O-])c2ccc(Cl)cc21)Cc1ccccc1.[K+]. The van der Waals surface area contributed by atoms with Gasteiger partial charge in [0.05, 0.1) is 15.9 Å². The summed E-state index contributed by atoms with van der Waals surface area (Å²) in [6, 6.07) is 15.6. The van der Waals surface area contributed by atoms with Gasteiger partial charge in [-0.1, -0.05) is 66.7 Å². The fraction of sp³-hybridized carbons (Fsp3) is 0.130. The summed E-state index contributed by atoms with van der Waals surface area (Å²) < 4.78 is 33.0. The molecule has 30 heavy (non-hydrogen) atoms. The van der Waals surface area contributed by atoms with Crippen molar-refractivity contribution in [1.82, 2.24) is 0 Å². The van der Waals surface area contributed by atoms with E-state index in [2.05, 4.69) is 18.7 Å². The Morgan fingerprint density at radius 2 is 1.90 bits per heavy atom. The molecule has 0 amide bonds. The van der Waals surface area contributed by atoms with Crippen molar-refractivity contribution in [2.45, 2.75) is 6.42 Å². The topological polar surface area (TPSA) is 60.4 Å². The quantitative estimate of drug-likeness (QED) is 0.356. The van der Waals surface area contributed by atoms with Crippen molar-refractivity contribution < 1.29 is 64.4 Å². The van der Waals surface area contributed by atoms with Crippen LogP contribution in [-0.2, 0) is 16.5 Å². The third kappa shape index (κ3) is 7.32. The van der Waals surface area contributed by atoms with Crippen LogP contribution >= 0.6 is 11.6 Å². The van der Waals surface area contributed by atoms with E-state index in [0.717, 1.165) is 28.8 Å². The van der Waals surface area contributed by atoms with Crippen LogP contribution in [0, 0.1) is 0 Å². The minimum absolute atomic E-state index is 0. The van der Waals surface area contributed by atoms with Crippen LogP contribution in [0.15, 0.2) is 91.2 Å². The van der Waals surface area contributed by atoms with Gasteiger partial charge in [-0.3, -0.25) is 0 Å². The Kier molecular flexibility index (Phi) is 9.78. The maximum atomic E-state index is 11.0. The summed E-state index contributed by atoms with van der Waals surface area (Å²) in [5.41, 5.74) is 4.90. The van der Waals surface area contributed by atoms with Crippen LogP contribution < -0.4 is 56.3 Å². The molecule has 0 spiro atoms. The van der Waals surface area contributed by atoms with Gasteiger partial charge in [-0.2, -0.15) is 0 Å². The standard InChI is InChI=1S/C23H22ClNO3S.K/c1-2-18(16-19-6-4-3-5-7-19)8-9-20-12-13-25(14-15-29(26,27)28)23-11-10-21(24)17-22(20)23;/h2-13,17H,1,14-16H2,(H,26,27,28);/q;+1/p-1/b18-8-,20-9+;. The Morgan fingerprint density at radius 3 is 2.57 bits per heavy atom. The summed E-state index contributed by atoms with van der Waals surface area (Å²) in [6.07, 6.45) is 10.3. The van der Waals surface area contributed by atoms with Gasteiger partial charge in [0.2, 0.25) is 0 Å². The number of rotatable bonds is 7. The first-order valence-electron chi connectivity index (χ1n) is 9.11. The number of hydrogen-bond donors (Lipinski definition) is 0. The molecule has 3 rings (SSSR count). The molecule has 0 aromatic heterocycles. The van der Waals surface area contributed by atoms with Crippen LogP contribution in [0.3, 0.4) is 0 Å². The first-order valence-corrected chi connectivity index (χ1v) is 11.1. The second-order valence-corrected chi connectivity index (χ2v) is 8.62. The van der Waals surface area contributed by atoms with E-state index in [1.54, 1.807) is 17.2 Å². The maximum absolute atomic E-state index is 11.0. The van der Waals surface area contributed by atoms with Crippen molar-refractivity contribution in [3.05, 3.63) is 107 Å². The number of hydrogen-bond acceptors (Lipinski definition) is 4. The Hall–Kier alpha value is -0.964. The molecule has 1 aliphatic heterocycles. The Bertz CT molecular complexity index is 1090. The molecule has 0 radical (unpaired) electrons. The number of halogens is 1. The molecular weight excluding hydrogens is 445 g/mol. The Morgan fingerprint density at radius 1 is 1.17 bits per heavy atom. The molecule has 150 valence electrons. The molecule has 4 nitrogen and oxygen atoms in total. The van der Waals surface area contributed by atoms with Gasteiger partial charge in [0.15, 0.2) is 0 Å². The zero-order chi connectivity index (χ0) is 20.9. The zero-order valence-electron chi connectivity index (χ0n) is 16.8. The van der Waals surface area contributed by atoms with Gasteiger partial charge in [0.25, 0.3) is 0 Å². The third-order valence-electron chi connectivity index (χ3n) is 4.59. The monoisotopic (exact) mass is 465 g/mol. The molecule has 1 aliphatic rings. The molecule has 2 aromatic carbocycles. The molecule has 0 fully saturated rings. The van der Waals surface area contributed by atoms with Gasteiger partial charge in [0.1, 0.15) is 0 Å². The minimum atomic E-state index is -4.29. The van der Waals surface area contributed by atoms with Crippen molar-refractivity contribution in [2.75, 3.05) is 17.2 Å². The Balaban J connectivity index is 0.00000320. The molecule has 1 heterocycles. The molecular formula is C23H21ClKNO3S. The number of nitrogens with zero attached hydrogens (tertiary/aromatic N) is 1. The van der Waals surface area contributed by atoms with Crippen LogP contribution in [0.5, 0.6) is 0 Å². The fourth-order valence-electron chi connectivity index (χ4n) is 3.11. The van der Waals surface area contributed by atoms with Gasteiger partial charge in [-0.25, -0.2) is 8.42 Å². The summed E-state index contributed by atoms with van der Waals surface area (Å²) in [6.45, 7) is 4.00. The zero-order valence-corrected chi connectivity index (χ0v) is 21.5. The van der Waals surface area contributed by atoms with Crippen molar-refractivity contribution in [1.29, 1.82) is 0 Å². The van der Waals surface area contributed by atoms with Crippen LogP contribution in [0.1, 0.15) is 11.1 Å². The second-order valence-electron chi connectivity index (χ2n) is 6.66. The van der Waals surface area contributed by atoms with Crippen LogP contribution in [-0.4, -0.2) is 25.3 Å². The smallest absolute Gasteiger partial charge is 0.748 e. The minimum Gasteiger partial charge on any atom is -0.748 e. The summed E-state index contributed by atoms with van der Waals surface area (Å²) in [7, 11) is -4.29.